The molecule has 3 rings (SSSR count). The monoisotopic (exact) mass is 256 g/mol. The van der Waals surface area contributed by atoms with Crippen molar-refractivity contribution in [1.29, 1.82) is 0 Å². The lowest BCUT2D eigenvalue weighted by molar-refractivity contribution is 0.869. The quantitative estimate of drug-likeness (QED) is 0.809. The van der Waals surface area contributed by atoms with Gasteiger partial charge >= 0.3 is 0 Å². The zero-order chi connectivity index (χ0) is 12.4. The number of nitrogen functional groups attached to an aromatic ring is 1. The summed E-state index contributed by atoms with van der Waals surface area (Å²) in [5.41, 5.74) is 9.18. The van der Waals surface area contributed by atoms with E-state index in [2.05, 4.69) is 41.7 Å². The minimum absolute atomic E-state index is 0.587. The third-order valence-electron chi connectivity index (χ3n) is 3.12. The Hall–Kier alpha value is -1.61. The third-order valence-corrected chi connectivity index (χ3v) is 4.40. The highest BCUT2D eigenvalue weighted by molar-refractivity contribution is 8.00. The van der Waals surface area contributed by atoms with Crippen molar-refractivity contribution < 1.29 is 0 Å². The van der Waals surface area contributed by atoms with E-state index in [4.69, 9.17) is 5.73 Å². The number of fused-ring (bicyclic) bond motifs is 1. The summed E-state index contributed by atoms with van der Waals surface area (Å²) in [7, 11) is 0. The second kappa shape index (κ2) is 4.94. The Bertz CT molecular complexity index is 539. The average Bonchev–Trinajstić information content (AvgIpc) is 2.40. The van der Waals surface area contributed by atoms with Gasteiger partial charge < -0.3 is 11.1 Å². The maximum Gasteiger partial charge on any atom is 0.0499 e. The zero-order valence-corrected chi connectivity index (χ0v) is 10.9. The summed E-state index contributed by atoms with van der Waals surface area (Å²) in [6, 6.07) is 16.8. The first-order valence-corrected chi connectivity index (χ1v) is 7.03. The van der Waals surface area contributed by atoms with E-state index in [9.17, 15) is 0 Å². The first-order valence-electron chi connectivity index (χ1n) is 6.15. The van der Waals surface area contributed by atoms with Crippen LogP contribution in [0.25, 0.3) is 0 Å². The molecule has 1 aliphatic heterocycles. The van der Waals surface area contributed by atoms with Gasteiger partial charge in [-0.1, -0.05) is 30.3 Å². The molecule has 1 atom stereocenters. The van der Waals surface area contributed by atoms with Crippen molar-refractivity contribution in [3.05, 3.63) is 54.1 Å². The van der Waals surface area contributed by atoms with Gasteiger partial charge in [-0.2, -0.15) is 0 Å². The van der Waals surface area contributed by atoms with E-state index in [1.54, 1.807) is 0 Å². The summed E-state index contributed by atoms with van der Waals surface area (Å²) in [4.78, 5) is 1.30. The summed E-state index contributed by atoms with van der Waals surface area (Å²) >= 11 is 1.94. The first-order chi connectivity index (χ1) is 8.81. The Morgan fingerprint density at radius 1 is 1.17 bits per heavy atom. The summed E-state index contributed by atoms with van der Waals surface area (Å²) in [6.07, 6.45) is 1.10. The topological polar surface area (TPSA) is 38.0 Å². The second-order valence-electron chi connectivity index (χ2n) is 4.57. The van der Waals surface area contributed by atoms with Gasteiger partial charge in [0.1, 0.15) is 0 Å². The molecule has 2 aromatic carbocycles. The molecule has 0 radical (unpaired) electrons. The number of hydrogen-bond donors (Lipinski definition) is 2. The number of benzene rings is 2. The average molecular weight is 256 g/mol. The molecule has 1 aliphatic rings. The molecule has 2 nitrogen and oxygen atoms in total. The van der Waals surface area contributed by atoms with Gasteiger partial charge in [-0.15, -0.1) is 11.8 Å². The Kier molecular flexibility index (Phi) is 3.15. The molecule has 0 saturated carbocycles. The fourth-order valence-corrected chi connectivity index (χ4v) is 3.43. The molecule has 1 unspecified atom stereocenters. The summed E-state index contributed by atoms with van der Waals surface area (Å²) < 4.78 is 0. The number of nitrogens with two attached hydrogens (primary N) is 1. The molecule has 1 heterocycles. The summed E-state index contributed by atoms with van der Waals surface area (Å²) in [5.74, 6) is 0. The van der Waals surface area contributed by atoms with Gasteiger partial charge in [0, 0.05) is 28.1 Å². The van der Waals surface area contributed by atoms with E-state index >= 15 is 0 Å². The fourth-order valence-electron chi connectivity index (χ4n) is 2.22. The molecule has 0 fully saturated rings. The van der Waals surface area contributed by atoms with E-state index in [0.717, 1.165) is 18.7 Å². The Morgan fingerprint density at radius 2 is 2.00 bits per heavy atom. The number of nitrogens with one attached hydrogen (secondary N) is 1. The van der Waals surface area contributed by atoms with Crippen LogP contribution in [0.2, 0.25) is 0 Å². The van der Waals surface area contributed by atoms with Gasteiger partial charge in [0.15, 0.2) is 0 Å². The van der Waals surface area contributed by atoms with E-state index < -0.39 is 0 Å². The van der Waals surface area contributed by atoms with E-state index in [0.29, 0.717) is 5.25 Å². The predicted molar refractivity (Wildman–Crippen MR) is 79.1 cm³/mol. The van der Waals surface area contributed by atoms with Crippen molar-refractivity contribution in [2.24, 2.45) is 0 Å². The van der Waals surface area contributed by atoms with Crippen molar-refractivity contribution in [1.82, 2.24) is 0 Å². The van der Waals surface area contributed by atoms with Crippen LogP contribution in [0.3, 0.4) is 0 Å². The molecule has 0 bridgehead atoms. The maximum absolute atomic E-state index is 5.79. The van der Waals surface area contributed by atoms with Crippen LogP contribution < -0.4 is 11.1 Å². The van der Waals surface area contributed by atoms with Crippen molar-refractivity contribution in [3.63, 3.8) is 0 Å². The van der Waals surface area contributed by atoms with Crippen LogP contribution in [-0.2, 0) is 6.42 Å². The van der Waals surface area contributed by atoms with Gasteiger partial charge in [-0.05, 0) is 30.2 Å². The van der Waals surface area contributed by atoms with Gasteiger partial charge in [-0.3, -0.25) is 0 Å². The molecule has 0 saturated heterocycles. The molecular formula is C15H16N2S. The van der Waals surface area contributed by atoms with Crippen LogP contribution in [0.5, 0.6) is 0 Å². The van der Waals surface area contributed by atoms with Crippen LogP contribution in [-0.4, -0.2) is 11.8 Å². The van der Waals surface area contributed by atoms with Gasteiger partial charge in [0.25, 0.3) is 0 Å². The Labute approximate surface area is 112 Å². The molecule has 0 spiro atoms. The second-order valence-corrected chi connectivity index (χ2v) is 5.91. The molecule has 3 N–H and O–H groups in total. The lowest BCUT2D eigenvalue weighted by Gasteiger charge is -2.25. The van der Waals surface area contributed by atoms with Crippen molar-refractivity contribution in [2.75, 3.05) is 17.6 Å². The lowest BCUT2D eigenvalue weighted by Crippen LogP contribution is -2.23. The standard InChI is InChI=1S/C15H16N2S/c16-12-6-7-15-14(9-12)17-10-13(18-15)8-11-4-2-1-3-5-11/h1-7,9,13,17H,8,10,16H2. The van der Waals surface area contributed by atoms with Crippen LogP contribution >= 0.6 is 11.8 Å². The molecule has 2 aromatic rings. The SMILES string of the molecule is Nc1ccc2c(c1)NCC(Cc1ccccc1)S2. The molecule has 0 amide bonds. The van der Waals surface area contributed by atoms with Crippen LogP contribution in [0.15, 0.2) is 53.4 Å². The minimum atomic E-state index is 0.587. The van der Waals surface area contributed by atoms with E-state index in [-0.39, 0.29) is 0 Å². The normalized spacial score (nSPS) is 17.9. The molecule has 3 heteroatoms. The highest BCUT2D eigenvalue weighted by Gasteiger charge is 2.19. The number of hydrogen-bond acceptors (Lipinski definition) is 3. The van der Waals surface area contributed by atoms with E-state index in [1.165, 1.54) is 16.1 Å². The number of thioether (sulfide) groups is 1. The lowest BCUT2D eigenvalue weighted by atomic mass is 10.1. The van der Waals surface area contributed by atoms with Gasteiger partial charge in [-0.25, -0.2) is 0 Å². The molecule has 0 aliphatic carbocycles. The van der Waals surface area contributed by atoms with E-state index in [1.807, 2.05) is 23.9 Å². The van der Waals surface area contributed by atoms with Crippen LogP contribution in [0.4, 0.5) is 11.4 Å². The highest BCUT2D eigenvalue weighted by atomic mass is 32.2. The van der Waals surface area contributed by atoms with Crippen LogP contribution in [0, 0.1) is 0 Å². The van der Waals surface area contributed by atoms with Crippen molar-refractivity contribution in [3.8, 4) is 0 Å². The molecule has 0 aromatic heterocycles. The molecule has 18 heavy (non-hydrogen) atoms. The molecular weight excluding hydrogens is 240 g/mol. The summed E-state index contributed by atoms with van der Waals surface area (Å²) in [5, 5.41) is 4.06. The number of rotatable bonds is 2. The van der Waals surface area contributed by atoms with Gasteiger partial charge in [0.2, 0.25) is 0 Å². The fraction of sp³-hybridized carbons (Fsp3) is 0.200. The first kappa shape index (κ1) is 11.5. The minimum Gasteiger partial charge on any atom is -0.399 e. The number of anilines is 2. The van der Waals surface area contributed by atoms with Crippen LogP contribution in [0.1, 0.15) is 5.56 Å². The Morgan fingerprint density at radius 3 is 2.83 bits per heavy atom. The third kappa shape index (κ3) is 2.46. The largest absolute Gasteiger partial charge is 0.399 e. The Balaban J connectivity index is 1.73. The maximum atomic E-state index is 5.79. The highest BCUT2D eigenvalue weighted by Crippen LogP contribution is 2.37. The zero-order valence-electron chi connectivity index (χ0n) is 10.1. The smallest absolute Gasteiger partial charge is 0.0499 e. The van der Waals surface area contributed by atoms with Crippen molar-refractivity contribution in [2.45, 2.75) is 16.6 Å². The molecule has 92 valence electrons. The predicted octanol–water partition coefficient (Wildman–Crippen LogP) is 3.40. The van der Waals surface area contributed by atoms with Crippen molar-refractivity contribution >= 4 is 23.1 Å². The van der Waals surface area contributed by atoms with Gasteiger partial charge in [0.05, 0.1) is 0 Å². The summed E-state index contributed by atoms with van der Waals surface area (Å²) in [6.45, 7) is 0.996.